The molecule has 2 aromatic heterocycles. The second-order valence-corrected chi connectivity index (χ2v) is 9.25. The Morgan fingerprint density at radius 1 is 0.971 bits per heavy atom. The molecule has 35 heavy (non-hydrogen) atoms. The van der Waals surface area contributed by atoms with E-state index in [-0.39, 0.29) is 17.2 Å². The topological polar surface area (TPSA) is 81.3 Å². The summed E-state index contributed by atoms with van der Waals surface area (Å²) in [7, 11) is 0. The maximum Gasteiger partial charge on any atom is 0.263 e. The third-order valence-corrected chi connectivity index (χ3v) is 6.93. The van der Waals surface area contributed by atoms with Crippen molar-refractivity contribution in [2.75, 3.05) is 11.1 Å². The van der Waals surface area contributed by atoms with Gasteiger partial charge in [0.1, 0.15) is 0 Å². The molecule has 1 N–H and O–H groups in total. The molecule has 0 saturated carbocycles. The SMILES string of the molecule is CCc1cccc(C)c1NC(=O)CSc1nnc2n(Cc3ccccc3)c(=O)c3ccccc3n12. The summed E-state index contributed by atoms with van der Waals surface area (Å²) in [5.74, 6) is 0.509. The number of hydrogen-bond acceptors (Lipinski definition) is 5. The maximum atomic E-state index is 13.3. The highest BCUT2D eigenvalue weighted by atomic mass is 32.2. The zero-order valence-corrected chi connectivity index (χ0v) is 20.4. The summed E-state index contributed by atoms with van der Waals surface area (Å²) in [6.07, 6.45) is 0.837. The lowest BCUT2D eigenvalue weighted by Crippen LogP contribution is -2.24. The summed E-state index contributed by atoms with van der Waals surface area (Å²) in [4.78, 5) is 26.2. The summed E-state index contributed by atoms with van der Waals surface area (Å²) < 4.78 is 3.50. The van der Waals surface area contributed by atoms with Crippen molar-refractivity contribution >= 4 is 40.0 Å². The first-order chi connectivity index (χ1) is 17.1. The highest BCUT2D eigenvalue weighted by Gasteiger charge is 2.18. The highest BCUT2D eigenvalue weighted by molar-refractivity contribution is 7.99. The molecule has 0 unspecified atom stereocenters. The molecule has 0 bridgehead atoms. The second kappa shape index (κ2) is 9.76. The fourth-order valence-corrected chi connectivity index (χ4v) is 4.98. The van der Waals surface area contributed by atoms with Crippen molar-refractivity contribution in [2.45, 2.75) is 32.0 Å². The monoisotopic (exact) mass is 483 g/mol. The Morgan fingerprint density at radius 3 is 2.54 bits per heavy atom. The molecule has 5 aromatic rings. The van der Waals surface area contributed by atoms with Crippen molar-refractivity contribution in [1.29, 1.82) is 0 Å². The number of aryl methyl sites for hydroxylation is 2. The fraction of sp³-hybridized carbons (Fsp3) is 0.185. The molecule has 176 valence electrons. The molecule has 0 aliphatic rings. The van der Waals surface area contributed by atoms with Gasteiger partial charge >= 0.3 is 0 Å². The largest absolute Gasteiger partial charge is 0.325 e. The standard InChI is InChI=1S/C27H25N5O2S/c1-3-20-13-9-10-18(2)24(20)28-23(33)17-35-27-30-29-26-31(16-19-11-5-4-6-12-19)25(34)21-14-7-8-15-22(21)32(26)27/h4-15H,3,16-17H2,1-2H3,(H,28,33). The van der Waals surface area contributed by atoms with Crippen LogP contribution in [-0.2, 0) is 17.8 Å². The van der Waals surface area contributed by atoms with E-state index in [1.54, 1.807) is 4.57 Å². The minimum absolute atomic E-state index is 0.113. The van der Waals surface area contributed by atoms with Crippen molar-refractivity contribution in [3.63, 3.8) is 0 Å². The number of fused-ring (bicyclic) bond motifs is 3. The van der Waals surface area contributed by atoms with E-state index in [0.29, 0.717) is 22.9 Å². The Hall–Kier alpha value is -3.91. The minimum Gasteiger partial charge on any atom is -0.325 e. The first-order valence-corrected chi connectivity index (χ1v) is 12.5. The van der Waals surface area contributed by atoms with Crippen LogP contribution >= 0.6 is 11.8 Å². The lowest BCUT2D eigenvalue weighted by molar-refractivity contribution is -0.113. The predicted molar refractivity (Wildman–Crippen MR) is 140 cm³/mol. The van der Waals surface area contributed by atoms with E-state index >= 15 is 0 Å². The van der Waals surface area contributed by atoms with Gasteiger partial charge in [-0.15, -0.1) is 10.2 Å². The number of amides is 1. The zero-order chi connectivity index (χ0) is 24.4. The van der Waals surface area contributed by atoms with Gasteiger partial charge in [0.25, 0.3) is 5.56 Å². The number of anilines is 1. The van der Waals surface area contributed by atoms with Crippen LogP contribution in [0.3, 0.4) is 0 Å². The Labute approximate surface area is 206 Å². The predicted octanol–water partition coefficient (Wildman–Crippen LogP) is 4.69. The van der Waals surface area contributed by atoms with Crippen LogP contribution in [0.2, 0.25) is 0 Å². The average Bonchev–Trinajstić information content (AvgIpc) is 3.31. The smallest absolute Gasteiger partial charge is 0.263 e. The van der Waals surface area contributed by atoms with Crippen LogP contribution in [0.25, 0.3) is 16.7 Å². The van der Waals surface area contributed by atoms with Crippen LogP contribution in [0.5, 0.6) is 0 Å². The van der Waals surface area contributed by atoms with Gasteiger partial charge in [-0.3, -0.25) is 18.6 Å². The van der Waals surface area contributed by atoms with Crippen LogP contribution in [0, 0.1) is 6.92 Å². The first kappa shape index (κ1) is 22.9. The summed E-state index contributed by atoms with van der Waals surface area (Å²) in [6.45, 7) is 4.44. The van der Waals surface area contributed by atoms with E-state index in [0.717, 1.165) is 34.3 Å². The molecule has 0 aliphatic heterocycles. The number of para-hydroxylation sites is 2. The van der Waals surface area contributed by atoms with Gasteiger partial charge in [-0.25, -0.2) is 0 Å². The average molecular weight is 484 g/mol. The van der Waals surface area contributed by atoms with Crippen LogP contribution in [0.4, 0.5) is 5.69 Å². The third kappa shape index (κ3) is 4.44. The Kier molecular flexibility index (Phi) is 6.37. The van der Waals surface area contributed by atoms with Crippen LogP contribution in [0.15, 0.2) is 82.7 Å². The summed E-state index contributed by atoms with van der Waals surface area (Å²) in [6, 6.07) is 23.2. The molecule has 5 rings (SSSR count). The number of hydrogen-bond donors (Lipinski definition) is 1. The molecule has 0 fully saturated rings. The van der Waals surface area contributed by atoms with E-state index in [1.165, 1.54) is 11.8 Å². The fourth-order valence-electron chi connectivity index (χ4n) is 4.24. The number of rotatable bonds is 7. The Bertz CT molecular complexity index is 1590. The number of nitrogens with one attached hydrogen (secondary N) is 1. The molecule has 0 spiro atoms. The number of carbonyl (C=O) groups is 1. The quantitative estimate of drug-likeness (QED) is 0.340. The number of benzene rings is 3. The van der Waals surface area contributed by atoms with Gasteiger partial charge in [0, 0.05) is 5.69 Å². The van der Waals surface area contributed by atoms with E-state index in [4.69, 9.17) is 0 Å². The van der Waals surface area contributed by atoms with E-state index < -0.39 is 0 Å². The molecule has 7 nitrogen and oxygen atoms in total. The zero-order valence-electron chi connectivity index (χ0n) is 19.6. The van der Waals surface area contributed by atoms with Crippen molar-refractivity contribution < 1.29 is 4.79 Å². The molecule has 8 heteroatoms. The summed E-state index contributed by atoms with van der Waals surface area (Å²) in [5.41, 5.74) is 4.60. The van der Waals surface area contributed by atoms with Crippen LogP contribution in [-0.4, -0.2) is 30.8 Å². The molecule has 3 aromatic carbocycles. The van der Waals surface area contributed by atoms with Gasteiger partial charge in [-0.2, -0.15) is 0 Å². The number of nitrogens with zero attached hydrogens (tertiary/aromatic N) is 4. The van der Waals surface area contributed by atoms with Crippen molar-refractivity contribution in [3.05, 3.63) is 99.8 Å². The molecule has 0 aliphatic carbocycles. The molecule has 0 atom stereocenters. The van der Waals surface area contributed by atoms with Gasteiger partial charge in [0.05, 0.1) is 23.2 Å². The lowest BCUT2D eigenvalue weighted by atomic mass is 10.1. The maximum absolute atomic E-state index is 13.3. The van der Waals surface area contributed by atoms with Crippen LogP contribution < -0.4 is 10.9 Å². The van der Waals surface area contributed by atoms with Gasteiger partial charge in [0.15, 0.2) is 5.16 Å². The molecule has 0 saturated heterocycles. The summed E-state index contributed by atoms with van der Waals surface area (Å²) >= 11 is 1.30. The lowest BCUT2D eigenvalue weighted by Gasteiger charge is -2.13. The number of aromatic nitrogens is 4. The second-order valence-electron chi connectivity index (χ2n) is 8.31. The molecule has 1 amide bonds. The van der Waals surface area contributed by atoms with Gasteiger partial charge in [-0.1, -0.05) is 79.3 Å². The molecule has 2 heterocycles. The third-order valence-electron chi connectivity index (χ3n) is 6.00. The molecular weight excluding hydrogens is 458 g/mol. The highest BCUT2D eigenvalue weighted by Crippen LogP contribution is 2.24. The van der Waals surface area contributed by atoms with E-state index in [1.807, 2.05) is 84.1 Å². The normalized spacial score (nSPS) is 11.3. The first-order valence-electron chi connectivity index (χ1n) is 11.5. The van der Waals surface area contributed by atoms with Crippen LogP contribution in [0.1, 0.15) is 23.6 Å². The van der Waals surface area contributed by atoms with Crippen molar-refractivity contribution in [2.24, 2.45) is 0 Å². The Balaban J connectivity index is 1.49. The number of carbonyl (C=O) groups excluding carboxylic acids is 1. The van der Waals surface area contributed by atoms with Crippen molar-refractivity contribution in [3.8, 4) is 0 Å². The number of thioether (sulfide) groups is 1. The van der Waals surface area contributed by atoms with Gasteiger partial charge < -0.3 is 5.32 Å². The van der Waals surface area contributed by atoms with Gasteiger partial charge in [0.2, 0.25) is 11.7 Å². The molecular formula is C27H25N5O2S. The Morgan fingerprint density at radius 2 is 1.74 bits per heavy atom. The summed E-state index contributed by atoms with van der Waals surface area (Å²) in [5, 5.41) is 12.9. The van der Waals surface area contributed by atoms with E-state index in [9.17, 15) is 9.59 Å². The van der Waals surface area contributed by atoms with E-state index in [2.05, 4.69) is 22.4 Å². The van der Waals surface area contributed by atoms with Gasteiger partial charge in [-0.05, 0) is 42.2 Å². The minimum atomic E-state index is -0.120. The molecule has 0 radical (unpaired) electrons. The van der Waals surface area contributed by atoms with Crippen molar-refractivity contribution in [1.82, 2.24) is 19.2 Å².